The van der Waals surface area contributed by atoms with Crippen molar-refractivity contribution in [3.05, 3.63) is 53.1 Å². The molecule has 0 spiro atoms. The van der Waals surface area contributed by atoms with Gasteiger partial charge in [-0.3, -0.25) is 4.79 Å². The second-order valence-electron chi connectivity index (χ2n) is 7.04. The second kappa shape index (κ2) is 5.08. The van der Waals surface area contributed by atoms with E-state index < -0.39 is 0 Å². The van der Waals surface area contributed by atoms with Crippen molar-refractivity contribution >= 4 is 22.1 Å². The van der Waals surface area contributed by atoms with Gasteiger partial charge in [-0.15, -0.1) is 0 Å². The van der Waals surface area contributed by atoms with Crippen LogP contribution in [0.15, 0.2) is 42.0 Å². The van der Waals surface area contributed by atoms with Gasteiger partial charge in [0, 0.05) is 12.0 Å². The molecule has 1 heteroatoms. The van der Waals surface area contributed by atoms with E-state index in [2.05, 4.69) is 50.2 Å². The average Bonchev–Trinajstić information content (AvgIpc) is 2.53. The standard InChI is InChI=1S/C21H22O/c1-13(2)18-12-15-11-10-14-6-3-4-7-16(14)20(15)17-8-5-9-19(22)21(17)18/h3-4,6-7,10-11,13,18H,5,8-9,12H2,1-2H3. The lowest BCUT2D eigenvalue weighted by Crippen LogP contribution is -2.28. The predicted octanol–water partition coefficient (Wildman–Crippen LogP) is 5.17. The lowest BCUT2D eigenvalue weighted by molar-refractivity contribution is -0.116. The minimum absolute atomic E-state index is 0.400. The van der Waals surface area contributed by atoms with Gasteiger partial charge in [0.2, 0.25) is 0 Å². The molecule has 2 aromatic carbocycles. The highest BCUT2D eigenvalue weighted by Gasteiger charge is 2.35. The summed E-state index contributed by atoms with van der Waals surface area (Å²) in [5.41, 5.74) is 5.32. The van der Waals surface area contributed by atoms with E-state index >= 15 is 0 Å². The Balaban J connectivity index is 2.04. The Morgan fingerprint density at radius 1 is 1.05 bits per heavy atom. The van der Waals surface area contributed by atoms with E-state index in [1.54, 1.807) is 0 Å². The van der Waals surface area contributed by atoms with E-state index in [1.807, 2.05) is 0 Å². The number of hydrogen-bond donors (Lipinski definition) is 0. The smallest absolute Gasteiger partial charge is 0.159 e. The number of rotatable bonds is 1. The first-order valence-corrected chi connectivity index (χ1v) is 8.44. The second-order valence-corrected chi connectivity index (χ2v) is 7.04. The lowest BCUT2D eigenvalue weighted by Gasteiger charge is -2.35. The summed E-state index contributed by atoms with van der Waals surface area (Å²) >= 11 is 0. The molecule has 0 aromatic heterocycles. The van der Waals surface area contributed by atoms with Gasteiger partial charge in [0.15, 0.2) is 5.78 Å². The summed E-state index contributed by atoms with van der Waals surface area (Å²) in [7, 11) is 0. The number of benzene rings is 2. The topological polar surface area (TPSA) is 17.1 Å². The summed E-state index contributed by atoms with van der Waals surface area (Å²) in [6, 6.07) is 13.1. The number of carbonyl (C=O) groups excluding carboxylic acids is 1. The zero-order valence-corrected chi connectivity index (χ0v) is 13.4. The normalized spacial score (nSPS) is 21.2. The van der Waals surface area contributed by atoms with E-state index in [1.165, 1.54) is 27.5 Å². The minimum atomic E-state index is 0.400. The van der Waals surface area contributed by atoms with Crippen molar-refractivity contribution in [3.63, 3.8) is 0 Å². The van der Waals surface area contributed by atoms with Crippen LogP contribution in [0, 0.1) is 11.8 Å². The largest absolute Gasteiger partial charge is 0.295 e. The zero-order valence-electron chi connectivity index (χ0n) is 13.4. The number of Topliss-reactive ketones (excluding diaryl/α,β-unsaturated/α-hetero) is 1. The summed E-state index contributed by atoms with van der Waals surface area (Å²) in [6.07, 6.45) is 3.82. The van der Waals surface area contributed by atoms with E-state index in [4.69, 9.17) is 0 Å². The molecule has 0 saturated heterocycles. The molecule has 1 atom stereocenters. The average molecular weight is 290 g/mol. The number of carbonyl (C=O) groups is 1. The van der Waals surface area contributed by atoms with E-state index in [-0.39, 0.29) is 0 Å². The van der Waals surface area contributed by atoms with Gasteiger partial charge in [-0.25, -0.2) is 0 Å². The fourth-order valence-corrected chi connectivity index (χ4v) is 4.30. The van der Waals surface area contributed by atoms with Crippen molar-refractivity contribution in [2.24, 2.45) is 11.8 Å². The van der Waals surface area contributed by atoms with Gasteiger partial charge in [0.1, 0.15) is 0 Å². The van der Waals surface area contributed by atoms with Gasteiger partial charge in [-0.05, 0) is 58.6 Å². The summed E-state index contributed by atoms with van der Waals surface area (Å²) in [5.74, 6) is 1.32. The summed E-state index contributed by atoms with van der Waals surface area (Å²) in [5, 5.41) is 2.61. The highest BCUT2D eigenvalue weighted by molar-refractivity contribution is 6.09. The zero-order chi connectivity index (χ0) is 15.3. The summed E-state index contributed by atoms with van der Waals surface area (Å²) < 4.78 is 0. The van der Waals surface area contributed by atoms with Crippen molar-refractivity contribution in [2.45, 2.75) is 39.5 Å². The Labute approximate surface area is 132 Å². The number of ketones is 1. The molecular weight excluding hydrogens is 268 g/mol. The Morgan fingerprint density at radius 2 is 1.86 bits per heavy atom. The predicted molar refractivity (Wildman–Crippen MR) is 91.8 cm³/mol. The van der Waals surface area contributed by atoms with Crippen molar-refractivity contribution in [2.75, 3.05) is 0 Å². The van der Waals surface area contributed by atoms with Gasteiger partial charge in [0.25, 0.3) is 0 Å². The van der Waals surface area contributed by atoms with E-state index in [0.717, 1.165) is 31.3 Å². The molecular formula is C21H22O. The highest BCUT2D eigenvalue weighted by atomic mass is 16.1. The maximum Gasteiger partial charge on any atom is 0.159 e. The van der Waals surface area contributed by atoms with Gasteiger partial charge in [-0.1, -0.05) is 50.2 Å². The van der Waals surface area contributed by atoms with Crippen LogP contribution in [0.1, 0.15) is 44.2 Å². The van der Waals surface area contributed by atoms with E-state index in [0.29, 0.717) is 17.6 Å². The molecule has 0 bridgehead atoms. The number of hydrogen-bond acceptors (Lipinski definition) is 1. The molecule has 2 aliphatic carbocycles. The monoisotopic (exact) mass is 290 g/mol. The molecule has 112 valence electrons. The fourth-order valence-electron chi connectivity index (χ4n) is 4.30. The fraction of sp³-hybridized carbons (Fsp3) is 0.381. The van der Waals surface area contributed by atoms with Crippen molar-refractivity contribution in [1.29, 1.82) is 0 Å². The maximum absolute atomic E-state index is 12.6. The first-order chi connectivity index (χ1) is 10.7. The molecule has 0 fully saturated rings. The summed E-state index contributed by atoms with van der Waals surface area (Å²) in [6.45, 7) is 4.51. The molecule has 1 nitrogen and oxygen atoms in total. The van der Waals surface area contributed by atoms with Crippen LogP contribution in [0.4, 0.5) is 0 Å². The minimum Gasteiger partial charge on any atom is -0.295 e. The first kappa shape index (κ1) is 13.8. The summed E-state index contributed by atoms with van der Waals surface area (Å²) in [4.78, 5) is 12.6. The van der Waals surface area contributed by atoms with Crippen LogP contribution in [-0.4, -0.2) is 5.78 Å². The third-order valence-corrected chi connectivity index (χ3v) is 5.39. The Morgan fingerprint density at radius 3 is 2.68 bits per heavy atom. The van der Waals surface area contributed by atoms with Crippen molar-refractivity contribution in [3.8, 4) is 0 Å². The molecule has 0 heterocycles. The number of fused-ring (bicyclic) bond motifs is 4. The van der Waals surface area contributed by atoms with Crippen molar-refractivity contribution in [1.82, 2.24) is 0 Å². The molecule has 1 unspecified atom stereocenters. The molecule has 2 aliphatic rings. The van der Waals surface area contributed by atoms with Crippen LogP contribution in [-0.2, 0) is 11.2 Å². The maximum atomic E-state index is 12.6. The van der Waals surface area contributed by atoms with Crippen molar-refractivity contribution < 1.29 is 4.79 Å². The Bertz CT molecular complexity index is 795. The first-order valence-electron chi connectivity index (χ1n) is 8.44. The van der Waals surface area contributed by atoms with Gasteiger partial charge < -0.3 is 0 Å². The molecule has 0 N–H and O–H groups in total. The van der Waals surface area contributed by atoms with Gasteiger partial charge >= 0.3 is 0 Å². The van der Waals surface area contributed by atoms with Crippen LogP contribution >= 0.6 is 0 Å². The third kappa shape index (κ3) is 1.95. The van der Waals surface area contributed by atoms with Gasteiger partial charge in [-0.2, -0.15) is 0 Å². The van der Waals surface area contributed by atoms with Gasteiger partial charge in [0.05, 0.1) is 0 Å². The number of allylic oxidation sites excluding steroid dienone is 2. The molecule has 0 radical (unpaired) electrons. The third-order valence-electron chi connectivity index (χ3n) is 5.39. The Hall–Kier alpha value is -1.89. The molecule has 0 amide bonds. The molecule has 4 rings (SSSR count). The molecule has 2 aromatic rings. The van der Waals surface area contributed by atoms with Crippen LogP contribution in [0.5, 0.6) is 0 Å². The molecule has 22 heavy (non-hydrogen) atoms. The SMILES string of the molecule is CC(C)C1Cc2ccc3ccccc3c2C2=C1C(=O)CCC2. The van der Waals surface area contributed by atoms with Crippen LogP contribution in [0.25, 0.3) is 16.3 Å². The highest BCUT2D eigenvalue weighted by Crippen LogP contribution is 2.46. The van der Waals surface area contributed by atoms with Crippen LogP contribution < -0.4 is 0 Å². The molecule has 0 aliphatic heterocycles. The molecule has 0 saturated carbocycles. The van der Waals surface area contributed by atoms with Crippen LogP contribution in [0.3, 0.4) is 0 Å². The lowest BCUT2D eigenvalue weighted by atomic mass is 9.68. The quantitative estimate of drug-likeness (QED) is 0.707. The van der Waals surface area contributed by atoms with E-state index in [9.17, 15) is 4.79 Å². The van der Waals surface area contributed by atoms with Crippen LogP contribution in [0.2, 0.25) is 0 Å². The Kier molecular flexibility index (Phi) is 3.18.